The Labute approximate surface area is 185 Å². The molecule has 0 radical (unpaired) electrons. The van der Waals surface area contributed by atoms with Crippen LogP contribution in [-0.4, -0.2) is 71.3 Å². The molecule has 0 aliphatic carbocycles. The molecule has 0 aromatic carbocycles. The third-order valence-corrected chi connectivity index (χ3v) is 4.39. The van der Waals surface area contributed by atoms with Gasteiger partial charge in [-0.05, 0) is 32.7 Å². The molecule has 0 aliphatic rings. The summed E-state index contributed by atoms with van der Waals surface area (Å²) in [6.45, 7) is 1.63. The fourth-order valence-electron chi connectivity index (χ4n) is 2.53. The number of nitrogens with two attached hydrogens (primary N) is 4. The number of carboxylic acids is 1. The number of carboxylic acid groups (broad SMARTS) is 1. The largest absolute Gasteiger partial charge is 0.480 e. The Hall–Kier alpha value is -3.26. The van der Waals surface area contributed by atoms with E-state index in [1.165, 1.54) is 6.92 Å². The average molecular weight is 460 g/mol. The molecule has 0 fully saturated rings. The van der Waals surface area contributed by atoms with E-state index in [-0.39, 0.29) is 12.8 Å². The van der Waals surface area contributed by atoms with E-state index >= 15 is 0 Å². The minimum absolute atomic E-state index is 0.241. The van der Waals surface area contributed by atoms with Gasteiger partial charge in [0.2, 0.25) is 29.5 Å². The van der Waals surface area contributed by atoms with Gasteiger partial charge >= 0.3 is 5.97 Å². The third-order valence-electron chi connectivity index (χ3n) is 4.39. The monoisotopic (exact) mass is 459 g/mol. The normalized spacial score (nSPS) is 14.3. The quantitative estimate of drug-likeness (QED) is 0.105. The summed E-state index contributed by atoms with van der Waals surface area (Å²) in [5.41, 5.74) is 21.4. The molecule has 0 saturated carbocycles. The van der Waals surface area contributed by atoms with Crippen molar-refractivity contribution in [1.82, 2.24) is 16.0 Å². The maximum Gasteiger partial charge on any atom is 0.325 e. The van der Waals surface area contributed by atoms with Crippen LogP contribution in [0.25, 0.3) is 0 Å². The number of nitrogens with one attached hydrogen (secondary N) is 3. The van der Waals surface area contributed by atoms with E-state index in [0.29, 0.717) is 25.8 Å². The van der Waals surface area contributed by atoms with Crippen LogP contribution in [0.5, 0.6) is 0 Å². The first-order valence-electron chi connectivity index (χ1n) is 10.0. The van der Waals surface area contributed by atoms with Crippen LogP contribution in [0, 0.1) is 0 Å². The van der Waals surface area contributed by atoms with E-state index in [2.05, 4.69) is 16.0 Å². The summed E-state index contributed by atoms with van der Waals surface area (Å²) in [6, 6.07) is -5.04. The molecular weight excluding hydrogens is 426 g/mol. The van der Waals surface area contributed by atoms with E-state index in [0.717, 1.165) is 0 Å². The summed E-state index contributed by atoms with van der Waals surface area (Å²) in [7, 11) is 0. The molecule has 0 aliphatic heterocycles. The van der Waals surface area contributed by atoms with Crippen molar-refractivity contribution in [3.05, 3.63) is 0 Å². The van der Waals surface area contributed by atoms with Crippen molar-refractivity contribution < 1.29 is 33.9 Å². The van der Waals surface area contributed by atoms with E-state index in [9.17, 15) is 28.8 Å². The second-order valence-corrected chi connectivity index (χ2v) is 7.26. The van der Waals surface area contributed by atoms with Gasteiger partial charge in [0.25, 0.3) is 0 Å². The summed E-state index contributed by atoms with van der Waals surface area (Å²) < 4.78 is 0. The van der Waals surface area contributed by atoms with E-state index in [1.807, 2.05) is 0 Å². The van der Waals surface area contributed by atoms with Gasteiger partial charge in [-0.15, -0.1) is 0 Å². The lowest BCUT2D eigenvalue weighted by atomic mass is 10.1. The molecular formula is C18H33N7O7. The van der Waals surface area contributed by atoms with Gasteiger partial charge in [-0.2, -0.15) is 0 Å². The van der Waals surface area contributed by atoms with Gasteiger partial charge in [0.15, 0.2) is 0 Å². The minimum atomic E-state index is -1.44. The zero-order chi connectivity index (χ0) is 24.8. The van der Waals surface area contributed by atoms with Gasteiger partial charge in [0.1, 0.15) is 18.1 Å². The molecule has 4 unspecified atom stereocenters. The van der Waals surface area contributed by atoms with E-state index in [1.54, 1.807) is 0 Å². The van der Waals surface area contributed by atoms with Crippen molar-refractivity contribution in [3.8, 4) is 0 Å². The average Bonchev–Trinajstić information content (AvgIpc) is 2.69. The molecule has 12 N–H and O–H groups in total. The van der Waals surface area contributed by atoms with Crippen LogP contribution in [0.1, 0.15) is 45.4 Å². The van der Waals surface area contributed by atoms with Crippen LogP contribution in [0.2, 0.25) is 0 Å². The van der Waals surface area contributed by atoms with Gasteiger partial charge in [-0.1, -0.05) is 6.42 Å². The van der Waals surface area contributed by atoms with Gasteiger partial charge in [0, 0.05) is 6.42 Å². The van der Waals surface area contributed by atoms with Crippen LogP contribution in [0.15, 0.2) is 0 Å². The summed E-state index contributed by atoms with van der Waals surface area (Å²) in [5, 5.41) is 15.7. The van der Waals surface area contributed by atoms with Gasteiger partial charge in [0.05, 0.1) is 12.5 Å². The summed E-state index contributed by atoms with van der Waals surface area (Å²) in [4.78, 5) is 70.8. The Balaban J connectivity index is 5.34. The van der Waals surface area contributed by atoms with Crippen molar-refractivity contribution in [2.45, 2.75) is 69.6 Å². The van der Waals surface area contributed by atoms with Crippen molar-refractivity contribution in [2.24, 2.45) is 22.9 Å². The zero-order valence-electron chi connectivity index (χ0n) is 18.0. The molecule has 0 rings (SSSR count). The Morgan fingerprint density at radius 2 is 1.38 bits per heavy atom. The number of hydrogen-bond donors (Lipinski definition) is 8. The first-order chi connectivity index (χ1) is 14.9. The molecule has 0 heterocycles. The van der Waals surface area contributed by atoms with Crippen molar-refractivity contribution in [1.29, 1.82) is 0 Å². The lowest BCUT2D eigenvalue weighted by Gasteiger charge is -2.24. The SMILES string of the molecule is CC(NC(=O)C(CCC(N)=O)NC(=O)C(CC(N)=O)NC(=O)C(N)CCCCN)C(=O)O. The molecule has 0 saturated heterocycles. The van der Waals surface area contributed by atoms with Crippen LogP contribution in [-0.2, 0) is 28.8 Å². The summed E-state index contributed by atoms with van der Waals surface area (Å²) >= 11 is 0. The van der Waals surface area contributed by atoms with Crippen molar-refractivity contribution in [3.63, 3.8) is 0 Å². The molecule has 4 atom stereocenters. The van der Waals surface area contributed by atoms with Gasteiger partial charge in [-0.25, -0.2) is 0 Å². The number of primary amides is 2. The minimum Gasteiger partial charge on any atom is -0.480 e. The highest BCUT2D eigenvalue weighted by Crippen LogP contribution is 2.03. The molecule has 182 valence electrons. The maximum absolute atomic E-state index is 12.7. The predicted molar refractivity (Wildman–Crippen MR) is 112 cm³/mol. The lowest BCUT2D eigenvalue weighted by molar-refractivity contribution is -0.142. The number of aliphatic carboxylic acids is 1. The number of amides is 5. The topological polar surface area (TPSA) is 263 Å². The summed E-state index contributed by atoms with van der Waals surface area (Å²) in [6.07, 6.45) is 0.410. The Kier molecular flexibility index (Phi) is 13.2. The highest BCUT2D eigenvalue weighted by Gasteiger charge is 2.30. The lowest BCUT2D eigenvalue weighted by Crippen LogP contribution is -2.57. The highest BCUT2D eigenvalue weighted by atomic mass is 16.4. The first kappa shape index (κ1) is 28.7. The first-order valence-corrected chi connectivity index (χ1v) is 10.0. The van der Waals surface area contributed by atoms with Crippen LogP contribution in [0.4, 0.5) is 0 Å². The molecule has 0 aromatic heterocycles. The molecule has 14 heteroatoms. The highest BCUT2D eigenvalue weighted by molar-refractivity contribution is 5.96. The Bertz CT molecular complexity index is 701. The Morgan fingerprint density at radius 1 is 0.812 bits per heavy atom. The fourth-order valence-corrected chi connectivity index (χ4v) is 2.53. The molecule has 0 bridgehead atoms. The second kappa shape index (κ2) is 14.7. The number of carbonyl (C=O) groups excluding carboxylic acids is 5. The molecule has 5 amide bonds. The number of rotatable bonds is 16. The standard InChI is InChI=1S/C18H33N7O7/c1-9(18(31)32)23-16(29)11(5-6-13(21)26)24-17(30)12(8-14(22)27)25-15(28)10(20)4-2-3-7-19/h9-12H,2-8,19-20H2,1H3,(H2,21,26)(H2,22,27)(H,23,29)(H,24,30)(H,25,28)(H,31,32). The maximum atomic E-state index is 12.7. The van der Waals surface area contributed by atoms with E-state index in [4.69, 9.17) is 28.0 Å². The second-order valence-electron chi connectivity index (χ2n) is 7.26. The van der Waals surface area contributed by atoms with Gasteiger partial charge < -0.3 is 44.0 Å². The molecule has 14 nitrogen and oxygen atoms in total. The number of hydrogen-bond acceptors (Lipinski definition) is 8. The van der Waals surface area contributed by atoms with Crippen molar-refractivity contribution >= 4 is 35.5 Å². The Morgan fingerprint density at radius 3 is 1.88 bits per heavy atom. The molecule has 0 aromatic rings. The fraction of sp³-hybridized carbons (Fsp3) is 0.667. The van der Waals surface area contributed by atoms with Crippen LogP contribution >= 0.6 is 0 Å². The number of unbranched alkanes of at least 4 members (excludes halogenated alkanes) is 1. The number of carbonyl (C=O) groups is 6. The zero-order valence-corrected chi connectivity index (χ0v) is 18.0. The smallest absolute Gasteiger partial charge is 0.325 e. The van der Waals surface area contributed by atoms with Crippen LogP contribution in [0.3, 0.4) is 0 Å². The summed E-state index contributed by atoms with van der Waals surface area (Å²) in [5.74, 6) is -5.52. The predicted octanol–water partition coefficient (Wildman–Crippen LogP) is -3.86. The van der Waals surface area contributed by atoms with Gasteiger partial charge in [-0.3, -0.25) is 28.8 Å². The molecule has 32 heavy (non-hydrogen) atoms. The van der Waals surface area contributed by atoms with Crippen molar-refractivity contribution in [2.75, 3.05) is 6.54 Å². The third kappa shape index (κ3) is 11.8. The van der Waals surface area contributed by atoms with E-state index < -0.39 is 66.1 Å². The van der Waals surface area contributed by atoms with Crippen LogP contribution < -0.4 is 38.9 Å². The molecule has 0 spiro atoms.